The highest BCUT2D eigenvalue weighted by atomic mass is 127. The summed E-state index contributed by atoms with van der Waals surface area (Å²) in [7, 11) is 1.90. The largest absolute Gasteiger partial charge is 0.376 e. The molecule has 0 aliphatic carbocycles. The number of hydrogen-bond donors (Lipinski definition) is 1. The normalized spacial score (nSPS) is 29.5. The minimum atomic E-state index is 0. The van der Waals surface area contributed by atoms with Gasteiger partial charge in [-0.1, -0.05) is 13.8 Å². The maximum atomic E-state index is 6.15. The molecule has 0 aromatic carbocycles. The summed E-state index contributed by atoms with van der Waals surface area (Å²) in [5.74, 6) is 2.74. The Balaban J connectivity index is 0.00000320. The van der Waals surface area contributed by atoms with E-state index < -0.39 is 0 Å². The lowest BCUT2D eigenvalue weighted by atomic mass is 9.92. The quantitative estimate of drug-likeness (QED) is 0.233. The van der Waals surface area contributed by atoms with Crippen molar-refractivity contribution in [2.45, 2.75) is 71.0 Å². The zero-order chi connectivity index (χ0) is 20.5. The van der Waals surface area contributed by atoms with E-state index in [-0.39, 0.29) is 24.0 Å². The smallest absolute Gasteiger partial charge is 0.193 e. The van der Waals surface area contributed by atoms with Crippen molar-refractivity contribution in [1.82, 2.24) is 15.1 Å². The lowest BCUT2D eigenvalue weighted by Gasteiger charge is -2.36. The second-order valence-corrected chi connectivity index (χ2v) is 9.54. The lowest BCUT2D eigenvalue weighted by Crippen LogP contribution is -2.48. The molecule has 1 N–H and O–H groups in total. The molecule has 3 fully saturated rings. The fourth-order valence-corrected chi connectivity index (χ4v) is 5.23. The molecule has 0 saturated carbocycles. The number of nitrogens with zero attached hydrogens (tertiary/aromatic N) is 3. The Bertz CT molecular complexity index is 484. The molecule has 0 spiro atoms. The molecule has 3 unspecified atom stereocenters. The number of likely N-dealkylation sites (tertiary alicyclic amines) is 2. The molecular weight excluding hydrogens is 491 g/mol. The zero-order valence-corrected chi connectivity index (χ0v) is 21.8. The van der Waals surface area contributed by atoms with Gasteiger partial charge in [0.05, 0.1) is 18.8 Å². The van der Waals surface area contributed by atoms with E-state index in [9.17, 15) is 0 Å². The van der Waals surface area contributed by atoms with E-state index in [1.807, 2.05) is 7.05 Å². The number of halogens is 1. The Morgan fingerprint density at radius 1 is 1.10 bits per heavy atom. The average Bonchev–Trinajstić information content (AvgIpc) is 2.73. The molecule has 3 aliphatic rings. The van der Waals surface area contributed by atoms with Crippen molar-refractivity contribution in [2.75, 3.05) is 59.5 Å². The molecule has 3 saturated heterocycles. The molecule has 0 radical (unpaired) electrons. The monoisotopic (exact) mass is 536 g/mol. The third kappa shape index (κ3) is 8.79. The molecule has 0 aromatic rings. The molecular formula is C23H45IN4O2. The summed E-state index contributed by atoms with van der Waals surface area (Å²) in [5, 5.41) is 3.59. The fourth-order valence-electron chi connectivity index (χ4n) is 5.23. The molecule has 0 amide bonds. The Morgan fingerprint density at radius 3 is 2.47 bits per heavy atom. The van der Waals surface area contributed by atoms with Crippen LogP contribution in [0.4, 0.5) is 0 Å². The highest BCUT2D eigenvalue weighted by Gasteiger charge is 2.24. The van der Waals surface area contributed by atoms with Crippen molar-refractivity contribution in [3.63, 3.8) is 0 Å². The van der Waals surface area contributed by atoms with Crippen LogP contribution < -0.4 is 5.32 Å². The van der Waals surface area contributed by atoms with E-state index in [0.29, 0.717) is 12.2 Å². The van der Waals surface area contributed by atoms with E-state index in [1.165, 1.54) is 45.3 Å². The van der Waals surface area contributed by atoms with Gasteiger partial charge in [0, 0.05) is 46.4 Å². The van der Waals surface area contributed by atoms with Gasteiger partial charge in [-0.25, -0.2) is 0 Å². The summed E-state index contributed by atoms with van der Waals surface area (Å²) < 4.78 is 11.9. The molecule has 3 atom stereocenters. The Hall–Kier alpha value is -0.120. The second-order valence-electron chi connectivity index (χ2n) is 9.54. The zero-order valence-electron chi connectivity index (χ0n) is 19.5. The van der Waals surface area contributed by atoms with Gasteiger partial charge in [-0.3, -0.25) is 4.99 Å². The molecule has 6 nitrogen and oxygen atoms in total. The van der Waals surface area contributed by atoms with Gasteiger partial charge in [0.15, 0.2) is 5.96 Å². The third-order valence-corrected chi connectivity index (χ3v) is 6.62. The van der Waals surface area contributed by atoms with E-state index >= 15 is 0 Å². The minimum absolute atomic E-state index is 0. The van der Waals surface area contributed by atoms with Crippen molar-refractivity contribution in [3.8, 4) is 0 Å². The summed E-state index contributed by atoms with van der Waals surface area (Å²) in [6, 6.07) is 0. The van der Waals surface area contributed by atoms with Gasteiger partial charge in [-0.15, -0.1) is 24.0 Å². The number of rotatable bonds is 7. The molecule has 3 rings (SSSR count). The molecule has 0 bridgehead atoms. The van der Waals surface area contributed by atoms with Crippen molar-refractivity contribution >= 4 is 29.9 Å². The fraction of sp³-hybridized carbons (Fsp3) is 0.957. The van der Waals surface area contributed by atoms with Crippen LogP contribution in [0.15, 0.2) is 4.99 Å². The summed E-state index contributed by atoms with van der Waals surface area (Å²) >= 11 is 0. The van der Waals surface area contributed by atoms with Crippen molar-refractivity contribution in [1.29, 1.82) is 0 Å². The highest BCUT2D eigenvalue weighted by Crippen LogP contribution is 2.21. The van der Waals surface area contributed by atoms with Gasteiger partial charge in [-0.2, -0.15) is 0 Å². The predicted octanol–water partition coefficient (Wildman–Crippen LogP) is 3.60. The van der Waals surface area contributed by atoms with Gasteiger partial charge in [0.25, 0.3) is 0 Å². The number of aliphatic imine (C=N–C) groups is 1. The Morgan fingerprint density at radius 2 is 1.83 bits per heavy atom. The van der Waals surface area contributed by atoms with Crippen LogP contribution in [0.3, 0.4) is 0 Å². The molecule has 30 heavy (non-hydrogen) atoms. The van der Waals surface area contributed by atoms with E-state index in [4.69, 9.17) is 9.47 Å². The first-order valence-corrected chi connectivity index (χ1v) is 12.0. The van der Waals surface area contributed by atoms with Crippen molar-refractivity contribution in [2.24, 2.45) is 16.8 Å². The van der Waals surface area contributed by atoms with Gasteiger partial charge < -0.3 is 24.6 Å². The van der Waals surface area contributed by atoms with Crippen LogP contribution >= 0.6 is 24.0 Å². The van der Waals surface area contributed by atoms with Crippen LogP contribution in [0.1, 0.15) is 58.8 Å². The Labute approximate surface area is 201 Å². The SMILES string of the molecule is CN=C(NCCCN1CC(C)CC(C)C1)N1CCC(OCC2CCCCO2)CC1.I. The maximum absolute atomic E-state index is 6.15. The Kier molecular flexibility index (Phi) is 12.3. The number of guanidine groups is 1. The topological polar surface area (TPSA) is 49.3 Å². The molecule has 3 heterocycles. The van der Waals surface area contributed by atoms with Gasteiger partial charge >= 0.3 is 0 Å². The highest BCUT2D eigenvalue weighted by molar-refractivity contribution is 14.0. The van der Waals surface area contributed by atoms with Crippen LogP contribution in [0.25, 0.3) is 0 Å². The van der Waals surface area contributed by atoms with E-state index in [0.717, 1.165) is 69.9 Å². The minimum Gasteiger partial charge on any atom is -0.376 e. The van der Waals surface area contributed by atoms with Crippen LogP contribution in [-0.4, -0.2) is 87.5 Å². The summed E-state index contributed by atoms with van der Waals surface area (Å²) in [6.45, 7) is 13.2. The third-order valence-electron chi connectivity index (χ3n) is 6.62. The summed E-state index contributed by atoms with van der Waals surface area (Å²) in [5.41, 5.74) is 0. The van der Waals surface area contributed by atoms with Crippen LogP contribution in [-0.2, 0) is 9.47 Å². The van der Waals surface area contributed by atoms with Crippen LogP contribution in [0.2, 0.25) is 0 Å². The van der Waals surface area contributed by atoms with Gasteiger partial charge in [-0.05, 0) is 63.3 Å². The second kappa shape index (κ2) is 14.1. The van der Waals surface area contributed by atoms with Gasteiger partial charge in [0.2, 0.25) is 0 Å². The molecule has 3 aliphatic heterocycles. The standard InChI is InChI=1S/C23H44N4O2.HI/c1-19-15-20(2)17-26(16-19)11-6-10-25-23(24-3)27-12-8-21(9-13-27)29-18-22-7-4-5-14-28-22;/h19-22H,4-18H2,1-3H3,(H,24,25);1H. The molecule has 7 heteroatoms. The number of nitrogens with one attached hydrogen (secondary N) is 1. The number of hydrogen-bond acceptors (Lipinski definition) is 4. The summed E-state index contributed by atoms with van der Waals surface area (Å²) in [6.07, 6.45) is 9.06. The first kappa shape index (κ1) is 26.1. The van der Waals surface area contributed by atoms with Crippen LogP contribution in [0, 0.1) is 11.8 Å². The first-order chi connectivity index (χ1) is 14.1. The van der Waals surface area contributed by atoms with E-state index in [2.05, 4.69) is 34.0 Å². The van der Waals surface area contributed by atoms with Crippen LogP contribution in [0.5, 0.6) is 0 Å². The predicted molar refractivity (Wildman–Crippen MR) is 135 cm³/mol. The molecule has 0 aromatic heterocycles. The lowest BCUT2D eigenvalue weighted by molar-refractivity contribution is -0.0721. The van der Waals surface area contributed by atoms with E-state index in [1.54, 1.807) is 0 Å². The average molecular weight is 537 g/mol. The maximum Gasteiger partial charge on any atom is 0.193 e. The number of piperidine rings is 2. The first-order valence-electron chi connectivity index (χ1n) is 12.0. The van der Waals surface area contributed by atoms with Crippen molar-refractivity contribution < 1.29 is 9.47 Å². The number of ether oxygens (including phenoxy) is 2. The summed E-state index contributed by atoms with van der Waals surface area (Å²) in [4.78, 5) is 9.55. The molecule has 176 valence electrons. The van der Waals surface area contributed by atoms with Gasteiger partial charge in [0.1, 0.15) is 0 Å². The van der Waals surface area contributed by atoms with Crippen molar-refractivity contribution in [3.05, 3.63) is 0 Å².